The molecule has 5 nitrogen and oxygen atoms in total. The van der Waals surface area contributed by atoms with Gasteiger partial charge in [-0.15, -0.1) is 0 Å². The quantitative estimate of drug-likeness (QED) is 0.689. The van der Waals surface area contributed by atoms with Crippen molar-refractivity contribution in [3.63, 3.8) is 0 Å². The maximum Gasteiger partial charge on any atom is 0.268 e. The maximum absolute atomic E-state index is 12.5. The van der Waals surface area contributed by atoms with Crippen LogP contribution in [0.25, 0.3) is 10.9 Å². The first-order valence-electron chi connectivity index (χ1n) is 8.86. The molecule has 0 aliphatic heterocycles. The number of carbonyl (C=O) groups is 2. The molecule has 0 atom stereocenters. The van der Waals surface area contributed by atoms with Gasteiger partial charge in [0.2, 0.25) is 5.91 Å². The Balaban J connectivity index is 1.53. The van der Waals surface area contributed by atoms with Crippen LogP contribution in [0, 0.1) is 0 Å². The van der Waals surface area contributed by atoms with E-state index in [2.05, 4.69) is 10.6 Å². The van der Waals surface area contributed by atoms with Crippen molar-refractivity contribution in [2.24, 2.45) is 0 Å². The lowest BCUT2D eigenvalue weighted by molar-refractivity contribution is -0.120. The summed E-state index contributed by atoms with van der Waals surface area (Å²) in [5.74, 6) is -0.422. The van der Waals surface area contributed by atoms with Gasteiger partial charge in [0.1, 0.15) is 5.69 Å². The third-order valence-corrected chi connectivity index (χ3v) is 4.35. The van der Waals surface area contributed by atoms with E-state index in [4.69, 9.17) is 0 Å². The molecular weight excluding hydrogens is 326 g/mol. The molecule has 3 rings (SSSR count). The summed E-state index contributed by atoms with van der Waals surface area (Å²) in [6.07, 6.45) is 0.768. The molecule has 0 radical (unpaired) electrons. The van der Waals surface area contributed by atoms with Crippen LogP contribution in [0.15, 0.2) is 60.7 Å². The molecule has 0 fully saturated rings. The van der Waals surface area contributed by atoms with E-state index in [1.807, 2.05) is 72.2 Å². The Morgan fingerprint density at radius 1 is 0.962 bits per heavy atom. The van der Waals surface area contributed by atoms with Gasteiger partial charge in [-0.25, -0.2) is 0 Å². The van der Waals surface area contributed by atoms with Gasteiger partial charge in [0.05, 0.1) is 6.54 Å². The molecule has 26 heavy (non-hydrogen) atoms. The van der Waals surface area contributed by atoms with Gasteiger partial charge >= 0.3 is 0 Å². The van der Waals surface area contributed by atoms with Crippen LogP contribution in [0.1, 0.15) is 23.0 Å². The van der Waals surface area contributed by atoms with Gasteiger partial charge in [-0.1, -0.05) is 48.5 Å². The summed E-state index contributed by atoms with van der Waals surface area (Å²) in [5.41, 5.74) is 2.77. The fraction of sp³-hybridized carbons (Fsp3) is 0.238. The predicted octanol–water partition coefficient (Wildman–Crippen LogP) is 2.75. The maximum atomic E-state index is 12.5. The van der Waals surface area contributed by atoms with Crippen molar-refractivity contribution in [1.82, 2.24) is 15.2 Å². The van der Waals surface area contributed by atoms with Gasteiger partial charge < -0.3 is 15.2 Å². The van der Waals surface area contributed by atoms with Crippen molar-refractivity contribution in [3.05, 3.63) is 71.9 Å². The van der Waals surface area contributed by atoms with E-state index in [9.17, 15) is 9.59 Å². The Morgan fingerprint density at radius 2 is 1.69 bits per heavy atom. The van der Waals surface area contributed by atoms with Crippen LogP contribution < -0.4 is 10.6 Å². The van der Waals surface area contributed by atoms with Gasteiger partial charge in [0.15, 0.2) is 0 Å². The predicted molar refractivity (Wildman–Crippen MR) is 103 cm³/mol. The number of amides is 2. The zero-order valence-electron chi connectivity index (χ0n) is 14.9. The van der Waals surface area contributed by atoms with Crippen LogP contribution in [-0.4, -0.2) is 29.5 Å². The second-order valence-corrected chi connectivity index (χ2v) is 6.10. The second kappa shape index (κ2) is 8.34. The number of aryl methyl sites for hydroxylation is 1. The van der Waals surface area contributed by atoms with Crippen molar-refractivity contribution >= 4 is 22.7 Å². The van der Waals surface area contributed by atoms with E-state index in [-0.39, 0.29) is 18.4 Å². The third kappa shape index (κ3) is 4.11. The topological polar surface area (TPSA) is 63.1 Å². The molecule has 2 amide bonds. The van der Waals surface area contributed by atoms with Gasteiger partial charge in [-0.3, -0.25) is 9.59 Å². The zero-order valence-corrected chi connectivity index (χ0v) is 14.9. The molecule has 0 aliphatic rings. The molecule has 0 saturated heterocycles. The molecule has 2 N–H and O–H groups in total. The fourth-order valence-corrected chi connectivity index (χ4v) is 3.04. The van der Waals surface area contributed by atoms with Gasteiger partial charge in [0, 0.05) is 24.0 Å². The molecule has 5 heteroatoms. The minimum atomic E-state index is -0.235. The van der Waals surface area contributed by atoms with Crippen molar-refractivity contribution < 1.29 is 9.59 Å². The van der Waals surface area contributed by atoms with E-state index in [1.54, 1.807) is 0 Å². The van der Waals surface area contributed by atoms with E-state index >= 15 is 0 Å². The summed E-state index contributed by atoms with van der Waals surface area (Å²) in [7, 11) is 0. The Labute approximate surface area is 153 Å². The van der Waals surface area contributed by atoms with Gasteiger partial charge in [0.25, 0.3) is 5.91 Å². The minimum Gasteiger partial charge on any atom is -0.354 e. The van der Waals surface area contributed by atoms with Crippen molar-refractivity contribution in [2.45, 2.75) is 19.9 Å². The van der Waals surface area contributed by atoms with Crippen LogP contribution >= 0.6 is 0 Å². The highest BCUT2D eigenvalue weighted by molar-refractivity contribution is 6.00. The number of para-hydroxylation sites is 1. The summed E-state index contributed by atoms with van der Waals surface area (Å²) < 4.78 is 1.96. The van der Waals surface area contributed by atoms with Crippen molar-refractivity contribution in [2.75, 3.05) is 13.1 Å². The molecule has 134 valence electrons. The number of nitrogens with zero attached hydrogens (tertiary/aromatic N) is 1. The Hall–Kier alpha value is -3.08. The van der Waals surface area contributed by atoms with Crippen LogP contribution in [0.3, 0.4) is 0 Å². The zero-order chi connectivity index (χ0) is 18.4. The number of rotatable bonds is 7. The summed E-state index contributed by atoms with van der Waals surface area (Å²) in [4.78, 5) is 24.4. The van der Waals surface area contributed by atoms with Gasteiger partial charge in [-0.2, -0.15) is 0 Å². The average molecular weight is 349 g/mol. The minimum absolute atomic E-state index is 0.0289. The number of hydrogen-bond donors (Lipinski definition) is 2. The molecular formula is C21H23N3O2. The van der Waals surface area contributed by atoms with Crippen molar-refractivity contribution in [1.29, 1.82) is 0 Å². The molecule has 3 aromatic rings. The number of fused-ring (bicyclic) bond motifs is 1. The van der Waals surface area contributed by atoms with E-state index in [1.165, 1.54) is 5.56 Å². The highest BCUT2D eigenvalue weighted by Gasteiger charge is 2.15. The first-order chi connectivity index (χ1) is 12.7. The highest BCUT2D eigenvalue weighted by atomic mass is 16.2. The number of hydrogen-bond acceptors (Lipinski definition) is 2. The lowest BCUT2D eigenvalue weighted by Crippen LogP contribution is -2.38. The second-order valence-electron chi connectivity index (χ2n) is 6.10. The smallest absolute Gasteiger partial charge is 0.268 e. The summed E-state index contributed by atoms with van der Waals surface area (Å²) in [6, 6.07) is 19.7. The lowest BCUT2D eigenvalue weighted by Gasteiger charge is -2.09. The molecule has 0 saturated carbocycles. The molecule has 1 aromatic heterocycles. The standard InChI is InChI=1S/C21H23N3O2/c1-2-24-18-11-7-6-10-17(18)14-19(24)21(26)23-15-20(25)22-13-12-16-8-4-3-5-9-16/h3-11,14H,2,12-13,15H2,1H3,(H,22,25)(H,23,26). The summed E-state index contributed by atoms with van der Waals surface area (Å²) >= 11 is 0. The summed E-state index contributed by atoms with van der Waals surface area (Å²) in [5, 5.41) is 6.56. The molecule has 0 spiro atoms. The van der Waals surface area contributed by atoms with E-state index in [0.29, 0.717) is 18.8 Å². The molecule has 1 heterocycles. The largest absolute Gasteiger partial charge is 0.354 e. The van der Waals surface area contributed by atoms with Crippen LogP contribution in [0.2, 0.25) is 0 Å². The van der Waals surface area contributed by atoms with E-state index in [0.717, 1.165) is 17.3 Å². The Morgan fingerprint density at radius 3 is 2.46 bits per heavy atom. The molecule has 0 bridgehead atoms. The number of nitrogens with one attached hydrogen (secondary N) is 2. The lowest BCUT2D eigenvalue weighted by atomic mass is 10.1. The van der Waals surface area contributed by atoms with Crippen LogP contribution in [0.4, 0.5) is 0 Å². The average Bonchev–Trinajstić information content (AvgIpc) is 3.05. The Kier molecular flexibility index (Phi) is 5.69. The Bertz CT molecular complexity index is 900. The summed E-state index contributed by atoms with van der Waals surface area (Å²) in [6.45, 7) is 3.21. The molecule has 0 aliphatic carbocycles. The third-order valence-electron chi connectivity index (χ3n) is 4.35. The number of benzene rings is 2. The fourth-order valence-electron chi connectivity index (χ4n) is 3.04. The van der Waals surface area contributed by atoms with Crippen molar-refractivity contribution in [3.8, 4) is 0 Å². The van der Waals surface area contributed by atoms with E-state index < -0.39 is 0 Å². The molecule has 2 aromatic carbocycles. The normalized spacial score (nSPS) is 10.7. The first kappa shape index (κ1) is 17.7. The van der Waals surface area contributed by atoms with Gasteiger partial charge in [-0.05, 0) is 31.0 Å². The van der Waals surface area contributed by atoms with Crippen LogP contribution in [0.5, 0.6) is 0 Å². The van der Waals surface area contributed by atoms with Crippen LogP contribution in [-0.2, 0) is 17.8 Å². The number of aromatic nitrogens is 1. The highest BCUT2D eigenvalue weighted by Crippen LogP contribution is 2.19. The monoisotopic (exact) mass is 349 g/mol. The first-order valence-corrected chi connectivity index (χ1v) is 8.86. The molecule has 0 unspecified atom stereocenters. The number of carbonyl (C=O) groups excluding carboxylic acids is 2. The SMILES string of the molecule is CCn1c(C(=O)NCC(=O)NCCc2ccccc2)cc2ccccc21.